The van der Waals surface area contributed by atoms with Crippen LogP contribution >= 0.6 is 0 Å². The van der Waals surface area contributed by atoms with Crippen molar-refractivity contribution in [3.8, 4) is 0 Å². The van der Waals surface area contributed by atoms with Gasteiger partial charge in [-0.1, -0.05) is 19.3 Å². The molecule has 0 bridgehead atoms. The molecule has 1 aromatic rings. The van der Waals surface area contributed by atoms with E-state index in [-0.39, 0.29) is 11.8 Å². The van der Waals surface area contributed by atoms with Crippen molar-refractivity contribution in [3.05, 3.63) is 29.1 Å². The molecule has 3 rings (SSSR count). The molecule has 27 heavy (non-hydrogen) atoms. The molecular weight excluding hydrogens is 338 g/mol. The van der Waals surface area contributed by atoms with Crippen molar-refractivity contribution < 1.29 is 9.59 Å². The van der Waals surface area contributed by atoms with E-state index in [1.807, 2.05) is 11.0 Å². The van der Waals surface area contributed by atoms with Gasteiger partial charge in [0, 0.05) is 49.6 Å². The van der Waals surface area contributed by atoms with Gasteiger partial charge in [-0.15, -0.1) is 0 Å². The van der Waals surface area contributed by atoms with Crippen LogP contribution in [0.4, 0.5) is 0 Å². The van der Waals surface area contributed by atoms with E-state index in [1.54, 1.807) is 6.08 Å². The van der Waals surface area contributed by atoms with Gasteiger partial charge in [0.2, 0.25) is 11.8 Å². The standard InChI is InChI=1S/C22H33N3O2/c1-17-16-19(18(2)25(17)20-8-4-3-5-9-20)10-11-21(26)23-13-12-22(27)24-14-6-7-15-24/h10-11,16,20H,3-9,12-15H2,1-2H3,(H,23,26)/b11-10+. The minimum absolute atomic E-state index is 0.133. The summed E-state index contributed by atoms with van der Waals surface area (Å²) in [7, 11) is 0. The zero-order valence-electron chi connectivity index (χ0n) is 16.8. The summed E-state index contributed by atoms with van der Waals surface area (Å²) in [4.78, 5) is 26.0. The average molecular weight is 372 g/mol. The van der Waals surface area contributed by atoms with Crippen LogP contribution in [-0.4, -0.2) is 40.9 Å². The maximum absolute atomic E-state index is 12.1. The Morgan fingerprint density at radius 1 is 1.11 bits per heavy atom. The molecule has 2 fully saturated rings. The Balaban J connectivity index is 1.51. The summed E-state index contributed by atoms with van der Waals surface area (Å²) in [6.07, 6.45) is 12.6. The second-order valence-corrected chi connectivity index (χ2v) is 7.95. The van der Waals surface area contributed by atoms with Gasteiger partial charge in [-0.2, -0.15) is 0 Å². The zero-order chi connectivity index (χ0) is 19.2. The normalized spacial score (nSPS) is 18.4. The quantitative estimate of drug-likeness (QED) is 0.774. The molecule has 2 amide bonds. The van der Waals surface area contributed by atoms with Gasteiger partial charge in [-0.25, -0.2) is 0 Å². The molecule has 1 aliphatic heterocycles. The molecule has 2 heterocycles. The minimum Gasteiger partial charge on any atom is -0.352 e. The highest BCUT2D eigenvalue weighted by atomic mass is 16.2. The van der Waals surface area contributed by atoms with E-state index in [2.05, 4.69) is 29.8 Å². The van der Waals surface area contributed by atoms with E-state index in [0.717, 1.165) is 31.5 Å². The van der Waals surface area contributed by atoms with Gasteiger partial charge in [-0.05, 0) is 57.2 Å². The van der Waals surface area contributed by atoms with Crippen LogP contribution in [0.5, 0.6) is 0 Å². The Kier molecular flexibility index (Phi) is 6.75. The van der Waals surface area contributed by atoms with Crippen molar-refractivity contribution in [2.45, 2.75) is 71.3 Å². The number of aryl methyl sites for hydroxylation is 1. The number of amides is 2. The maximum Gasteiger partial charge on any atom is 0.244 e. The molecule has 5 nitrogen and oxygen atoms in total. The van der Waals surface area contributed by atoms with E-state index in [9.17, 15) is 9.59 Å². The molecule has 5 heteroatoms. The first-order valence-corrected chi connectivity index (χ1v) is 10.5. The van der Waals surface area contributed by atoms with E-state index < -0.39 is 0 Å². The fraction of sp³-hybridized carbons (Fsp3) is 0.636. The highest BCUT2D eigenvalue weighted by molar-refractivity contribution is 5.92. The third-order valence-electron chi connectivity index (χ3n) is 5.97. The lowest BCUT2D eigenvalue weighted by atomic mass is 9.95. The van der Waals surface area contributed by atoms with E-state index in [4.69, 9.17) is 0 Å². The van der Waals surface area contributed by atoms with Crippen molar-refractivity contribution in [2.24, 2.45) is 0 Å². The number of aromatic nitrogens is 1. The fourth-order valence-electron chi connectivity index (χ4n) is 4.51. The molecular formula is C22H33N3O2. The van der Waals surface area contributed by atoms with Gasteiger partial charge >= 0.3 is 0 Å². The third-order valence-corrected chi connectivity index (χ3v) is 5.97. The zero-order valence-corrected chi connectivity index (χ0v) is 16.8. The second kappa shape index (κ2) is 9.25. The number of carbonyl (C=O) groups excluding carboxylic acids is 2. The first-order chi connectivity index (χ1) is 13.1. The van der Waals surface area contributed by atoms with E-state index >= 15 is 0 Å². The van der Waals surface area contributed by atoms with Gasteiger partial charge in [-0.3, -0.25) is 9.59 Å². The summed E-state index contributed by atoms with van der Waals surface area (Å²) in [6.45, 7) is 6.43. The Morgan fingerprint density at radius 3 is 2.52 bits per heavy atom. The number of nitrogens with zero attached hydrogens (tertiary/aromatic N) is 2. The predicted molar refractivity (Wildman–Crippen MR) is 109 cm³/mol. The number of hydrogen-bond acceptors (Lipinski definition) is 2. The Hall–Kier alpha value is -2.04. The van der Waals surface area contributed by atoms with Crippen molar-refractivity contribution in [1.82, 2.24) is 14.8 Å². The lowest BCUT2D eigenvalue weighted by molar-refractivity contribution is -0.130. The third kappa shape index (κ3) is 5.02. The summed E-state index contributed by atoms with van der Waals surface area (Å²) in [5, 5.41) is 2.83. The molecule has 0 radical (unpaired) electrons. The van der Waals surface area contributed by atoms with E-state index in [0.29, 0.717) is 19.0 Å². The van der Waals surface area contributed by atoms with Crippen molar-refractivity contribution in [2.75, 3.05) is 19.6 Å². The lowest BCUT2D eigenvalue weighted by Gasteiger charge is -2.26. The molecule has 2 aliphatic rings. The first-order valence-electron chi connectivity index (χ1n) is 10.5. The van der Waals surface area contributed by atoms with Crippen LogP contribution in [0.2, 0.25) is 0 Å². The number of likely N-dealkylation sites (tertiary alicyclic amines) is 1. The lowest BCUT2D eigenvalue weighted by Crippen LogP contribution is -2.32. The van der Waals surface area contributed by atoms with Crippen molar-refractivity contribution >= 4 is 17.9 Å². The average Bonchev–Trinajstić information content (AvgIpc) is 3.29. The molecule has 1 saturated heterocycles. The molecule has 1 N–H and O–H groups in total. The van der Waals surface area contributed by atoms with Crippen LogP contribution in [0.1, 0.15) is 74.4 Å². The highest BCUT2D eigenvalue weighted by Gasteiger charge is 2.19. The minimum atomic E-state index is -0.133. The van der Waals surface area contributed by atoms with Crippen LogP contribution in [0.15, 0.2) is 12.1 Å². The SMILES string of the molecule is Cc1cc(/C=C/C(=O)NCCC(=O)N2CCCC2)c(C)n1C1CCCCC1. The Bertz CT molecular complexity index is 693. The summed E-state index contributed by atoms with van der Waals surface area (Å²) >= 11 is 0. The smallest absolute Gasteiger partial charge is 0.244 e. The van der Waals surface area contributed by atoms with Gasteiger partial charge in [0.15, 0.2) is 0 Å². The molecule has 1 aromatic heterocycles. The molecule has 0 atom stereocenters. The molecule has 0 spiro atoms. The van der Waals surface area contributed by atoms with Crippen LogP contribution in [0.25, 0.3) is 6.08 Å². The number of carbonyl (C=O) groups is 2. The van der Waals surface area contributed by atoms with Gasteiger partial charge in [0.1, 0.15) is 0 Å². The first kappa shape index (κ1) is 19.7. The highest BCUT2D eigenvalue weighted by Crippen LogP contribution is 2.32. The summed E-state index contributed by atoms with van der Waals surface area (Å²) in [6, 6.07) is 2.77. The van der Waals surface area contributed by atoms with Crippen LogP contribution < -0.4 is 5.32 Å². The summed E-state index contributed by atoms with van der Waals surface area (Å²) in [5.41, 5.74) is 3.63. The monoisotopic (exact) mass is 371 g/mol. The number of rotatable bonds is 6. The Labute approximate surface area is 162 Å². The molecule has 1 aliphatic carbocycles. The molecule has 148 valence electrons. The summed E-state index contributed by atoms with van der Waals surface area (Å²) < 4.78 is 2.45. The number of nitrogens with one attached hydrogen (secondary N) is 1. The maximum atomic E-state index is 12.1. The van der Waals surface area contributed by atoms with Crippen molar-refractivity contribution in [1.29, 1.82) is 0 Å². The van der Waals surface area contributed by atoms with Gasteiger partial charge in [0.25, 0.3) is 0 Å². The second-order valence-electron chi connectivity index (χ2n) is 7.95. The number of hydrogen-bond donors (Lipinski definition) is 1. The summed E-state index contributed by atoms with van der Waals surface area (Å²) in [5.74, 6) is 0.0134. The topological polar surface area (TPSA) is 54.3 Å². The van der Waals surface area contributed by atoms with Gasteiger partial charge in [0.05, 0.1) is 0 Å². The fourth-order valence-corrected chi connectivity index (χ4v) is 4.51. The Morgan fingerprint density at radius 2 is 1.81 bits per heavy atom. The van der Waals surface area contributed by atoms with E-state index in [1.165, 1.54) is 43.5 Å². The van der Waals surface area contributed by atoms with Crippen molar-refractivity contribution in [3.63, 3.8) is 0 Å². The molecule has 1 saturated carbocycles. The van der Waals surface area contributed by atoms with Gasteiger partial charge < -0.3 is 14.8 Å². The van der Waals surface area contributed by atoms with Crippen LogP contribution in [-0.2, 0) is 9.59 Å². The van der Waals surface area contributed by atoms with Crippen LogP contribution in [0.3, 0.4) is 0 Å². The largest absolute Gasteiger partial charge is 0.352 e. The molecule has 0 unspecified atom stereocenters. The predicted octanol–water partition coefficient (Wildman–Crippen LogP) is 3.75. The molecule has 0 aromatic carbocycles. The van der Waals surface area contributed by atoms with Crippen LogP contribution in [0, 0.1) is 13.8 Å².